The van der Waals surface area contributed by atoms with Crippen LogP contribution in [-0.4, -0.2) is 84.3 Å². The van der Waals surface area contributed by atoms with Crippen molar-refractivity contribution in [3.05, 3.63) is 65.7 Å². The van der Waals surface area contributed by atoms with E-state index in [1.807, 2.05) is 30.3 Å². The first-order chi connectivity index (χ1) is 17.4. The molecule has 2 N–H and O–H groups in total. The lowest BCUT2D eigenvalue weighted by Crippen LogP contribution is -2.60. The normalized spacial score (nSPS) is 19.2. The predicted octanol–water partition coefficient (Wildman–Crippen LogP) is 2.28. The highest BCUT2D eigenvalue weighted by Crippen LogP contribution is 2.18. The van der Waals surface area contributed by atoms with Crippen LogP contribution in [0.4, 0.5) is 5.69 Å². The van der Waals surface area contributed by atoms with Gasteiger partial charge in [0.05, 0.1) is 13.0 Å². The molecule has 2 aliphatic heterocycles. The van der Waals surface area contributed by atoms with Gasteiger partial charge in [0.2, 0.25) is 17.7 Å². The summed E-state index contributed by atoms with van der Waals surface area (Å²) >= 11 is 0. The molecule has 0 radical (unpaired) electrons. The third kappa shape index (κ3) is 6.92. The minimum atomic E-state index is -0.791. The summed E-state index contributed by atoms with van der Waals surface area (Å²) in [6.07, 6.45) is -0.0612. The monoisotopic (exact) mass is 491 g/mol. The molecule has 4 rings (SSSR count). The minimum absolute atomic E-state index is 0.0612. The summed E-state index contributed by atoms with van der Waals surface area (Å²) in [5, 5.41) is 5.67. The number of benzene rings is 2. The summed E-state index contributed by atoms with van der Waals surface area (Å²) in [5.74, 6) is -0.234. The highest BCUT2D eigenvalue weighted by molar-refractivity contribution is 5.97. The number of piperazine rings is 2. The molecule has 0 spiro atoms. The van der Waals surface area contributed by atoms with Crippen LogP contribution in [0.15, 0.2) is 54.6 Å². The number of carbonyl (C=O) groups excluding carboxylic acids is 3. The molecule has 0 aromatic heterocycles. The van der Waals surface area contributed by atoms with E-state index in [0.717, 1.165) is 32.7 Å². The Hall–Kier alpha value is -3.23. The van der Waals surface area contributed by atoms with Crippen molar-refractivity contribution < 1.29 is 14.4 Å². The lowest BCUT2D eigenvalue weighted by molar-refractivity contribution is -0.145. The standard InChI is InChI=1S/C28H37N5O3/c1-21(2)23-8-10-24(11-9-23)30-26(34)18-25-28(36)29-12-13-33(25)27(35)20-32-16-14-31(15-17-32)19-22-6-4-3-5-7-22/h3-11,21,25H,12-20H2,1-2H3,(H,29,36)(H,30,34)/t25-/m1/s1. The smallest absolute Gasteiger partial charge is 0.243 e. The fourth-order valence-electron chi connectivity index (χ4n) is 4.78. The zero-order valence-electron chi connectivity index (χ0n) is 21.3. The van der Waals surface area contributed by atoms with E-state index in [2.05, 4.69) is 58.5 Å². The van der Waals surface area contributed by atoms with Crippen LogP contribution in [0, 0.1) is 0 Å². The Morgan fingerprint density at radius 1 is 0.944 bits per heavy atom. The molecule has 2 fully saturated rings. The van der Waals surface area contributed by atoms with Crippen molar-refractivity contribution in [1.29, 1.82) is 0 Å². The summed E-state index contributed by atoms with van der Waals surface area (Å²) in [5.41, 5.74) is 3.17. The molecule has 2 saturated heterocycles. The predicted molar refractivity (Wildman–Crippen MR) is 140 cm³/mol. The Morgan fingerprint density at radius 2 is 1.61 bits per heavy atom. The molecule has 36 heavy (non-hydrogen) atoms. The minimum Gasteiger partial charge on any atom is -0.353 e. The molecule has 2 heterocycles. The molecular weight excluding hydrogens is 454 g/mol. The molecule has 0 unspecified atom stereocenters. The number of anilines is 1. The highest BCUT2D eigenvalue weighted by atomic mass is 16.2. The summed E-state index contributed by atoms with van der Waals surface area (Å²) in [6.45, 7) is 9.62. The van der Waals surface area contributed by atoms with Crippen molar-refractivity contribution >= 4 is 23.4 Å². The van der Waals surface area contributed by atoms with Crippen molar-refractivity contribution in [3.63, 3.8) is 0 Å². The Bertz CT molecular complexity index is 1030. The number of nitrogens with zero attached hydrogens (tertiary/aromatic N) is 3. The number of nitrogens with one attached hydrogen (secondary N) is 2. The van der Waals surface area contributed by atoms with Crippen molar-refractivity contribution in [2.24, 2.45) is 0 Å². The first-order valence-electron chi connectivity index (χ1n) is 12.8. The molecule has 8 heteroatoms. The van der Waals surface area contributed by atoms with Crippen molar-refractivity contribution in [2.75, 3.05) is 51.1 Å². The largest absolute Gasteiger partial charge is 0.353 e. The second-order valence-corrected chi connectivity index (χ2v) is 9.96. The van der Waals surface area contributed by atoms with E-state index < -0.39 is 6.04 Å². The second-order valence-electron chi connectivity index (χ2n) is 9.96. The molecule has 0 saturated carbocycles. The molecular formula is C28H37N5O3. The Morgan fingerprint density at radius 3 is 2.28 bits per heavy atom. The first-order valence-corrected chi connectivity index (χ1v) is 12.8. The third-order valence-corrected chi connectivity index (χ3v) is 6.96. The molecule has 1 atom stereocenters. The van der Waals surface area contributed by atoms with Gasteiger partial charge in [0, 0.05) is 51.5 Å². The maximum absolute atomic E-state index is 13.2. The molecule has 8 nitrogen and oxygen atoms in total. The summed E-state index contributed by atoms with van der Waals surface area (Å²) in [4.78, 5) is 44.7. The lowest BCUT2D eigenvalue weighted by Gasteiger charge is -2.38. The Balaban J connectivity index is 1.28. The van der Waals surface area contributed by atoms with Gasteiger partial charge in [0.25, 0.3) is 0 Å². The van der Waals surface area contributed by atoms with Crippen molar-refractivity contribution in [1.82, 2.24) is 20.0 Å². The summed E-state index contributed by atoms with van der Waals surface area (Å²) in [6, 6.07) is 17.3. The number of hydrogen-bond donors (Lipinski definition) is 2. The van der Waals surface area contributed by atoms with Crippen LogP contribution in [-0.2, 0) is 20.9 Å². The fraction of sp³-hybridized carbons (Fsp3) is 0.464. The van der Waals surface area contributed by atoms with Gasteiger partial charge >= 0.3 is 0 Å². The van der Waals surface area contributed by atoms with Gasteiger partial charge in [0.15, 0.2) is 0 Å². The zero-order valence-corrected chi connectivity index (χ0v) is 21.3. The average molecular weight is 492 g/mol. The van der Waals surface area contributed by atoms with Gasteiger partial charge in [-0.15, -0.1) is 0 Å². The van der Waals surface area contributed by atoms with Crippen LogP contribution < -0.4 is 10.6 Å². The van der Waals surface area contributed by atoms with Gasteiger partial charge in [-0.1, -0.05) is 56.3 Å². The quantitative estimate of drug-likeness (QED) is 0.592. The molecule has 2 aromatic carbocycles. The van der Waals surface area contributed by atoms with Gasteiger partial charge in [-0.2, -0.15) is 0 Å². The maximum Gasteiger partial charge on any atom is 0.243 e. The average Bonchev–Trinajstić information content (AvgIpc) is 2.87. The number of rotatable bonds is 8. The van der Waals surface area contributed by atoms with Crippen molar-refractivity contribution in [3.8, 4) is 0 Å². The van der Waals surface area contributed by atoms with Crippen LogP contribution >= 0.6 is 0 Å². The van der Waals surface area contributed by atoms with E-state index in [0.29, 0.717) is 24.7 Å². The van der Waals surface area contributed by atoms with Crippen LogP contribution in [0.5, 0.6) is 0 Å². The van der Waals surface area contributed by atoms with Gasteiger partial charge in [-0.05, 0) is 29.2 Å². The third-order valence-electron chi connectivity index (χ3n) is 6.96. The van der Waals surface area contributed by atoms with Crippen LogP contribution in [0.25, 0.3) is 0 Å². The van der Waals surface area contributed by atoms with E-state index in [-0.39, 0.29) is 30.7 Å². The highest BCUT2D eigenvalue weighted by Gasteiger charge is 2.35. The molecule has 0 aliphatic carbocycles. The maximum atomic E-state index is 13.2. The van der Waals surface area contributed by atoms with Gasteiger partial charge in [0.1, 0.15) is 6.04 Å². The van der Waals surface area contributed by atoms with Gasteiger partial charge in [-0.25, -0.2) is 0 Å². The Kier molecular flexibility index (Phi) is 8.72. The topological polar surface area (TPSA) is 85.0 Å². The summed E-state index contributed by atoms with van der Waals surface area (Å²) < 4.78 is 0. The van der Waals surface area contributed by atoms with Crippen LogP contribution in [0.3, 0.4) is 0 Å². The number of amides is 3. The fourth-order valence-corrected chi connectivity index (χ4v) is 4.78. The Labute approximate surface area is 213 Å². The van der Waals surface area contributed by atoms with Gasteiger partial charge in [-0.3, -0.25) is 24.2 Å². The molecule has 192 valence electrons. The molecule has 0 bridgehead atoms. The van der Waals surface area contributed by atoms with E-state index in [4.69, 9.17) is 0 Å². The van der Waals surface area contributed by atoms with Crippen LogP contribution in [0.2, 0.25) is 0 Å². The van der Waals surface area contributed by atoms with Crippen molar-refractivity contribution in [2.45, 2.75) is 38.8 Å². The van der Waals surface area contributed by atoms with Gasteiger partial charge < -0.3 is 15.5 Å². The SMILES string of the molecule is CC(C)c1ccc(NC(=O)C[C@@H]2C(=O)NCCN2C(=O)CN2CCN(Cc3ccccc3)CC2)cc1. The second kappa shape index (κ2) is 12.1. The van der Waals surface area contributed by atoms with Crippen LogP contribution in [0.1, 0.15) is 37.3 Å². The lowest BCUT2D eigenvalue weighted by atomic mass is 10.0. The van der Waals surface area contributed by atoms with E-state index in [1.54, 1.807) is 4.90 Å². The molecule has 2 aromatic rings. The first kappa shape index (κ1) is 25.9. The number of carbonyl (C=O) groups is 3. The van der Waals surface area contributed by atoms with E-state index >= 15 is 0 Å². The van der Waals surface area contributed by atoms with E-state index in [9.17, 15) is 14.4 Å². The molecule has 3 amide bonds. The summed E-state index contributed by atoms with van der Waals surface area (Å²) in [7, 11) is 0. The van der Waals surface area contributed by atoms with E-state index in [1.165, 1.54) is 11.1 Å². The molecule has 2 aliphatic rings. The number of hydrogen-bond acceptors (Lipinski definition) is 5. The zero-order chi connectivity index (χ0) is 25.5.